The summed E-state index contributed by atoms with van der Waals surface area (Å²) in [7, 11) is -6.80. The lowest BCUT2D eigenvalue weighted by Crippen LogP contribution is -2.40. The van der Waals surface area contributed by atoms with Gasteiger partial charge in [0, 0.05) is 13.5 Å². The topological polar surface area (TPSA) is 116 Å². The molecule has 35 heavy (non-hydrogen) atoms. The van der Waals surface area contributed by atoms with Crippen LogP contribution in [-0.4, -0.2) is 59.7 Å². The third kappa shape index (κ3) is 9.25. The lowest BCUT2D eigenvalue weighted by molar-refractivity contribution is 0.0216. The van der Waals surface area contributed by atoms with Gasteiger partial charge in [0.2, 0.25) is 0 Å². The summed E-state index contributed by atoms with van der Waals surface area (Å²) < 4.78 is 66.4. The molecule has 0 bridgehead atoms. The number of benzene rings is 2. The summed E-state index contributed by atoms with van der Waals surface area (Å²) >= 11 is 0. The molecule has 194 valence electrons. The summed E-state index contributed by atoms with van der Waals surface area (Å²) in [6, 6.07) is 12.2. The average Bonchev–Trinajstić information content (AvgIpc) is 2.72. The lowest BCUT2D eigenvalue weighted by Gasteiger charge is -2.27. The maximum absolute atomic E-state index is 12.8. The average molecular weight is 528 g/mol. The van der Waals surface area contributed by atoms with Gasteiger partial charge in [0.15, 0.2) is 0 Å². The molecule has 0 saturated heterocycles. The largest absolute Gasteiger partial charge is 0.444 e. The Hall–Kier alpha value is -2.47. The van der Waals surface area contributed by atoms with Gasteiger partial charge in [-0.15, -0.1) is 0 Å². The van der Waals surface area contributed by atoms with Gasteiger partial charge in [-0.3, -0.25) is 8.37 Å². The molecule has 0 aliphatic rings. The highest BCUT2D eigenvalue weighted by Gasteiger charge is 2.27. The number of amides is 1. The predicted molar refractivity (Wildman–Crippen MR) is 131 cm³/mol. The van der Waals surface area contributed by atoms with E-state index in [1.807, 2.05) is 13.8 Å². The van der Waals surface area contributed by atoms with E-state index in [1.165, 1.54) is 36.2 Å². The maximum atomic E-state index is 12.8. The second kappa shape index (κ2) is 11.5. The van der Waals surface area contributed by atoms with Crippen molar-refractivity contribution in [2.24, 2.45) is 0 Å². The zero-order valence-corrected chi connectivity index (χ0v) is 22.5. The Morgan fingerprint density at radius 3 is 1.77 bits per heavy atom. The molecule has 1 atom stereocenters. The van der Waals surface area contributed by atoms with Crippen molar-refractivity contribution in [3.05, 3.63) is 59.7 Å². The monoisotopic (exact) mass is 527 g/mol. The SMILES string of the molecule is Cc1ccc(S(=O)(=O)OCC[C@H](CN(C)C(=O)OC(C)(C)C)OS(=O)(=O)c2ccc(C)cc2)cc1. The Kier molecular flexibility index (Phi) is 9.46. The molecule has 11 heteroatoms. The smallest absolute Gasteiger partial charge is 0.410 e. The standard InChI is InChI=1S/C24H33NO8S2/c1-18-7-11-21(12-8-18)34(27,28)31-16-15-20(17-25(6)23(26)32-24(3,4)5)33-35(29,30)22-13-9-19(2)10-14-22/h7-14,20H,15-17H2,1-6H3/t20-/m1/s1. The fourth-order valence-electron chi connectivity index (χ4n) is 2.89. The van der Waals surface area contributed by atoms with Crippen LogP contribution < -0.4 is 0 Å². The highest BCUT2D eigenvalue weighted by atomic mass is 32.2. The number of likely N-dealkylation sites (N-methyl/N-ethyl adjacent to an activating group) is 1. The van der Waals surface area contributed by atoms with E-state index >= 15 is 0 Å². The van der Waals surface area contributed by atoms with Gasteiger partial charge in [0.25, 0.3) is 20.2 Å². The van der Waals surface area contributed by atoms with Crippen molar-refractivity contribution < 1.29 is 34.7 Å². The van der Waals surface area contributed by atoms with Gasteiger partial charge in [-0.2, -0.15) is 16.8 Å². The normalized spacial score (nSPS) is 13.3. The van der Waals surface area contributed by atoms with Gasteiger partial charge in [-0.1, -0.05) is 35.4 Å². The summed E-state index contributed by atoms with van der Waals surface area (Å²) in [6.45, 7) is 8.24. The minimum atomic E-state index is -4.19. The molecule has 0 aromatic heterocycles. The number of hydrogen-bond acceptors (Lipinski definition) is 8. The first-order chi connectivity index (χ1) is 16.1. The molecule has 0 radical (unpaired) electrons. The van der Waals surface area contributed by atoms with Crippen LogP contribution in [0.2, 0.25) is 0 Å². The van der Waals surface area contributed by atoms with E-state index in [4.69, 9.17) is 13.1 Å². The predicted octanol–water partition coefficient (Wildman–Crippen LogP) is 4.04. The molecule has 2 rings (SSSR count). The Labute approximate surface area is 208 Å². The highest BCUT2D eigenvalue weighted by Crippen LogP contribution is 2.19. The molecule has 0 saturated carbocycles. The van der Waals surface area contributed by atoms with Gasteiger partial charge >= 0.3 is 6.09 Å². The molecule has 0 aliphatic carbocycles. The molecule has 2 aromatic rings. The number of rotatable bonds is 10. The first-order valence-corrected chi connectivity index (χ1v) is 13.8. The van der Waals surface area contributed by atoms with Crippen LogP contribution in [0.1, 0.15) is 38.3 Å². The Bertz CT molecular complexity index is 1200. The summed E-state index contributed by atoms with van der Waals surface area (Å²) in [5.74, 6) is 0. The van der Waals surface area contributed by atoms with Crippen molar-refractivity contribution in [1.82, 2.24) is 4.90 Å². The minimum Gasteiger partial charge on any atom is -0.444 e. The van der Waals surface area contributed by atoms with Gasteiger partial charge in [0.1, 0.15) is 5.60 Å². The summed E-state index contributed by atoms with van der Waals surface area (Å²) in [6.07, 6.45) is -1.89. The first-order valence-electron chi connectivity index (χ1n) is 11.0. The van der Waals surface area contributed by atoms with Crippen LogP contribution in [0.5, 0.6) is 0 Å². The van der Waals surface area contributed by atoms with Crippen LogP contribution in [0.3, 0.4) is 0 Å². The van der Waals surface area contributed by atoms with Crippen LogP contribution >= 0.6 is 0 Å². The zero-order valence-electron chi connectivity index (χ0n) is 20.8. The van der Waals surface area contributed by atoms with Crippen molar-refractivity contribution >= 4 is 26.3 Å². The molecule has 9 nitrogen and oxygen atoms in total. The van der Waals surface area contributed by atoms with Crippen molar-refractivity contribution in [1.29, 1.82) is 0 Å². The number of hydrogen-bond donors (Lipinski definition) is 0. The molecule has 0 aliphatic heterocycles. The van der Waals surface area contributed by atoms with E-state index in [0.29, 0.717) is 0 Å². The second-order valence-electron chi connectivity index (χ2n) is 9.22. The van der Waals surface area contributed by atoms with Crippen LogP contribution in [0.25, 0.3) is 0 Å². The van der Waals surface area contributed by atoms with Crippen molar-refractivity contribution in [3.63, 3.8) is 0 Å². The molecule has 2 aromatic carbocycles. The van der Waals surface area contributed by atoms with E-state index in [2.05, 4.69) is 0 Å². The fraction of sp³-hybridized carbons (Fsp3) is 0.458. The molecule has 0 heterocycles. The van der Waals surface area contributed by atoms with Crippen molar-refractivity contribution in [3.8, 4) is 0 Å². The molecule has 0 unspecified atom stereocenters. The van der Waals surface area contributed by atoms with E-state index < -0.39 is 38.0 Å². The fourth-order valence-corrected chi connectivity index (χ4v) is 4.91. The molecular formula is C24H33NO8S2. The minimum absolute atomic E-state index is 0.0151. The van der Waals surface area contributed by atoms with E-state index in [0.717, 1.165) is 11.1 Å². The van der Waals surface area contributed by atoms with Crippen molar-refractivity contribution in [2.45, 2.75) is 62.5 Å². The number of carbonyl (C=O) groups excluding carboxylic acids is 1. The number of aryl methyl sites for hydroxylation is 2. The molecular weight excluding hydrogens is 494 g/mol. The summed E-state index contributed by atoms with van der Waals surface area (Å²) in [4.78, 5) is 13.5. The molecule has 1 amide bonds. The molecule has 0 spiro atoms. The lowest BCUT2D eigenvalue weighted by atomic mass is 10.2. The van der Waals surface area contributed by atoms with Gasteiger partial charge in [0.05, 0.1) is 29.0 Å². The van der Waals surface area contributed by atoms with Crippen LogP contribution in [0.4, 0.5) is 4.79 Å². The van der Waals surface area contributed by atoms with Crippen LogP contribution in [-0.2, 0) is 33.3 Å². The third-order valence-corrected chi connectivity index (χ3v) is 7.44. The second-order valence-corrected chi connectivity index (χ2v) is 12.4. The summed E-state index contributed by atoms with van der Waals surface area (Å²) in [5.41, 5.74) is 1.02. The maximum Gasteiger partial charge on any atom is 0.410 e. The van der Waals surface area contributed by atoms with Crippen LogP contribution in [0, 0.1) is 13.8 Å². The number of nitrogens with zero attached hydrogens (tertiary/aromatic N) is 1. The van der Waals surface area contributed by atoms with Crippen LogP contribution in [0.15, 0.2) is 58.3 Å². The zero-order chi connectivity index (χ0) is 26.4. The number of ether oxygens (including phenoxy) is 1. The summed E-state index contributed by atoms with van der Waals surface area (Å²) in [5, 5.41) is 0. The molecule has 0 N–H and O–H groups in total. The Morgan fingerprint density at radius 1 is 0.857 bits per heavy atom. The Morgan fingerprint density at radius 2 is 1.31 bits per heavy atom. The van der Waals surface area contributed by atoms with Gasteiger partial charge < -0.3 is 9.64 Å². The quantitative estimate of drug-likeness (QED) is 0.425. The van der Waals surface area contributed by atoms with E-state index in [9.17, 15) is 21.6 Å². The van der Waals surface area contributed by atoms with Gasteiger partial charge in [-0.05, 0) is 58.9 Å². The third-order valence-electron chi connectivity index (χ3n) is 4.74. The van der Waals surface area contributed by atoms with Gasteiger partial charge in [-0.25, -0.2) is 4.79 Å². The number of carbonyl (C=O) groups is 1. The van der Waals surface area contributed by atoms with Crippen molar-refractivity contribution in [2.75, 3.05) is 20.2 Å². The Balaban J connectivity index is 2.16. The van der Waals surface area contributed by atoms with E-state index in [1.54, 1.807) is 45.0 Å². The van der Waals surface area contributed by atoms with E-state index in [-0.39, 0.29) is 29.4 Å². The molecule has 0 fully saturated rings. The highest BCUT2D eigenvalue weighted by molar-refractivity contribution is 7.87. The first kappa shape index (κ1) is 28.8.